The number of carbonyl (C=O) groups excluding carboxylic acids is 2. The van der Waals surface area contributed by atoms with Crippen LogP contribution in [0.5, 0.6) is 0 Å². The Kier molecular flexibility index (Phi) is 5.26. The van der Waals surface area contributed by atoms with E-state index in [9.17, 15) is 9.59 Å². The van der Waals surface area contributed by atoms with Crippen molar-refractivity contribution < 1.29 is 19.1 Å². The zero-order valence-electron chi connectivity index (χ0n) is 12.2. The Labute approximate surface area is 127 Å². The highest BCUT2D eigenvalue weighted by atomic mass is 16.5. The predicted molar refractivity (Wildman–Crippen MR) is 81.5 cm³/mol. The van der Waals surface area contributed by atoms with E-state index >= 15 is 0 Å². The molecule has 0 atom stereocenters. The number of benzene rings is 1. The van der Waals surface area contributed by atoms with Crippen LogP contribution in [0.15, 0.2) is 24.3 Å². The summed E-state index contributed by atoms with van der Waals surface area (Å²) in [6.45, 7) is 1.65. The van der Waals surface area contributed by atoms with E-state index in [1.165, 1.54) is 6.07 Å². The summed E-state index contributed by atoms with van der Waals surface area (Å²) in [4.78, 5) is 26.0. The van der Waals surface area contributed by atoms with Gasteiger partial charge in [0.15, 0.2) is 0 Å². The van der Waals surface area contributed by atoms with Crippen LogP contribution >= 0.6 is 0 Å². The first-order chi connectivity index (χ1) is 10.7. The number of fused-ring (bicyclic) bond motifs is 1. The number of nitrogens with one attached hydrogen (secondary N) is 1. The van der Waals surface area contributed by atoms with Crippen molar-refractivity contribution in [3.05, 3.63) is 35.5 Å². The van der Waals surface area contributed by atoms with Crippen LogP contribution in [0.3, 0.4) is 0 Å². The van der Waals surface area contributed by atoms with Gasteiger partial charge in [-0.3, -0.25) is 9.59 Å². The second-order valence-corrected chi connectivity index (χ2v) is 4.59. The van der Waals surface area contributed by atoms with Crippen molar-refractivity contribution in [2.24, 2.45) is 5.73 Å². The summed E-state index contributed by atoms with van der Waals surface area (Å²) in [5.74, 6) is -0.628. The van der Waals surface area contributed by atoms with Crippen molar-refractivity contribution in [1.82, 2.24) is 4.98 Å². The minimum atomic E-state index is -0.628. The quantitative estimate of drug-likeness (QED) is 0.558. The van der Waals surface area contributed by atoms with Crippen molar-refractivity contribution in [2.75, 3.05) is 25.6 Å². The third kappa shape index (κ3) is 3.70. The number of rotatable bonds is 8. The molecule has 116 valence electrons. The number of ether oxygens (including phenoxy) is 2. The van der Waals surface area contributed by atoms with E-state index in [1.54, 1.807) is 13.2 Å². The Balaban J connectivity index is 2.41. The topological polar surface area (TPSA) is 104 Å². The van der Waals surface area contributed by atoms with Gasteiger partial charge < -0.3 is 20.5 Å². The van der Waals surface area contributed by atoms with E-state index in [1.807, 2.05) is 12.1 Å². The Morgan fingerprint density at radius 1 is 1.41 bits per heavy atom. The summed E-state index contributed by atoms with van der Waals surface area (Å²) in [5, 5.41) is 3.99. The SMILES string of the molecule is COCCNc1ccc2nc(C(N)=O)cc(COC=O)c2c1. The summed E-state index contributed by atoms with van der Waals surface area (Å²) in [6.07, 6.45) is 0. The fraction of sp³-hybridized carbons (Fsp3) is 0.267. The molecule has 7 heteroatoms. The number of nitrogens with two attached hydrogens (primary N) is 1. The maximum atomic E-state index is 11.3. The van der Waals surface area contributed by atoms with Gasteiger partial charge in [-0.25, -0.2) is 4.98 Å². The fourth-order valence-corrected chi connectivity index (χ4v) is 2.07. The van der Waals surface area contributed by atoms with Gasteiger partial charge in [-0.15, -0.1) is 0 Å². The number of methoxy groups -OCH3 is 1. The van der Waals surface area contributed by atoms with E-state index in [-0.39, 0.29) is 12.3 Å². The molecule has 2 aromatic rings. The molecule has 0 spiro atoms. The molecule has 2 rings (SSSR count). The third-order valence-corrected chi connectivity index (χ3v) is 3.09. The van der Waals surface area contributed by atoms with Crippen LogP contribution < -0.4 is 11.1 Å². The lowest BCUT2D eigenvalue weighted by Crippen LogP contribution is -2.14. The number of primary amides is 1. The Bertz CT molecular complexity index is 688. The number of hydrogen-bond acceptors (Lipinski definition) is 6. The Morgan fingerprint density at radius 3 is 2.91 bits per heavy atom. The van der Waals surface area contributed by atoms with Gasteiger partial charge in [-0.2, -0.15) is 0 Å². The van der Waals surface area contributed by atoms with E-state index in [0.717, 1.165) is 11.1 Å². The van der Waals surface area contributed by atoms with Gasteiger partial charge in [0, 0.05) is 30.3 Å². The molecule has 0 fully saturated rings. The molecule has 1 heterocycles. The van der Waals surface area contributed by atoms with Crippen LogP contribution in [-0.2, 0) is 20.9 Å². The Hall–Kier alpha value is -2.67. The number of anilines is 1. The highest BCUT2D eigenvalue weighted by Crippen LogP contribution is 2.23. The number of carbonyl (C=O) groups is 2. The van der Waals surface area contributed by atoms with Crippen molar-refractivity contribution >= 4 is 29.0 Å². The second-order valence-electron chi connectivity index (χ2n) is 4.59. The maximum Gasteiger partial charge on any atom is 0.293 e. The fourth-order valence-electron chi connectivity index (χ4n) is 2.07. The molecule has 0 aliphatic heterocycles. The lowest BCUT2D eigenvalue weighted by atomic mass is 10.1. The molecule has 1 aromatic carbocycles. The normalized spacial score (nSPS) is 10.4. The van der Waals surface area contributed by atoms with Gasteiger partial charge in [0.05, 0.1) is 12.1 Å². The standard InChI is InChI=1S/C15H17N3O4/c1-21-5-4-17-11-2-3-13-12(7-11)10(8-22-9-19)6-14(18-13)15(16)20/h2-3,6-7,9,17H,4-5,8H2,1H3,(H2,16,20). The molecule has 7 nitrogen and oxygen atoms in total. The Morgan fingerprint density at radius 2 is 2.23 bits per heavy atom. The van der Waals surface area contributed by atoms with Gasteiger partial charge in [0.1, 0.15) is 12.3 Å². The van der Waals surface area contributed by atoms with Crippen LogP contribution in [0.1, 0.15) is 16.1 Å². The molecule has 3 N–H and O–H groups in total. The summed E-state index contributed by atoms with van der Waals surface area (Å²) >= 11 is 0. The van der Waals surface area contributed by atoms with Crippen LogP contribution in [0.2, 0.25) is 0 Å². The van der Waals surface area contributed by atoms with Gasteiger partial charge in [0.2, 0.25) is 0 Å². The molecule has 0 aliphatic carbocycles. The van der Waals surface area contributed by atoms with Gasteiger partial charge >= 0.3 is 0 Å². The molecular weight excluding hydrogens is 286 g/mol. The van der Waals surface area contributed by atoms with Gasteiger partial charge in [-0.1, -0.05) is 0 Å². The molecule has 1 aromatic heterocycles. The number of aromatic nitrogens is 1. The van der Waals surface area contributed by atoms with Crippen molar-refractivity contribution in [1.29, 1.82) is 0 Å². The van der Waals surface area contributed by atoms with E-state index < -0.39 is 5.91 Å². The van der Waals surface area contributed by atoms with Crippen LogP contribution in [0.4, 0.5) is 5.69 Å². The van der Waals surface area contributed by atoms with Crippen LogP contribution in [0.25, 0.3) is 10.9 Å². The highest BCUT2D eigenvalue weighted by molar-refractivity contribution is 5.95. The average Bonchev–Trinajstić information content (AvgIpc) is 2.52. The number of nitrogens with zero attached hydrogens (tertiary/aromatic N) is 1. The first-order valence-electron chi connectivity index (χ1n) is 6.67. The highest BCUT2D eigenvalue weighted by Gasteiger charge is 2.10. The number of hydrogen-bond donors (Lipinski definition) is 2. The summed E-state index contributed by atoms with van der Waals surface area (Å²) < 4.78 is 9.78. The predicted octanol–water partition coefficient (Wildman–Crippen LogP) is 1.06. The smallest absolute Gasteiger partial charge is 0.293 e. The molecule has 0 aliphatic rings. The number of pyridine rings is 1. The molecule has 0 radical (unpaired) electrons. The monoisotopic (exact) mass is 303 g/mol. The van der Waals surface area contributed by atoms with Crippen molar-refractivity contribution in [3.8, 4) is 0 Å². The average molecular weight is 303 g/mol. The lowest BCUT2D eigenvalue weighted by molar-refractivity contribution is -0.129. The molecule has 0 unspecified atom stereocenters. The van der Waals surface area contributed by atoms with E-state index in [0.29, 0.717) is 30.7 Å². The van der Waals surface area contributed by atoms with Crippen LogP contribution in [0, 0.1) is 0 Å². The number of amides is 1. The van der Waals surface area contributed by atoms with Crippen molar-refractivity contribution in [2.45, 2.75) is 6.61 Å². The summed E-state index contributed by atoms with van der Waals surface area (Å²) in [7, 11) is 1.63. The molecule has 1 amide bonds. The van der Waals surface area contributed by atoms with Crippen molar-refractivity contribution in [3.63, 3.8) is 0 Å². The van der Waals surface area contributed by atoms with E-state index in [4.69, 9.17) is 15.2 Å². The first-order valence-corrected chi connectivity index (χ1v) is 6.67. The molecule has 0 saturated heterocycles. The van der Waals surface area contributed by atoms with Gasteiger partial charge in [0.25, 0.3) is 12.4 Å². The summed E-state index contributed by atoms with van der Waals surface area (Å²) in [6, 6.07) is 7.04. The third-order valence-electron chi connectivity index (χ3n) is 3.09. The molecule has 22 heavy (non-hydrogen) atoms. The second kappa shape index (κ2) is 7.37. The van der Waals surface area contributed by atoms with Crippen LogP contribution in [-0.4, -0.2) is 37.6 Å². The lowest BCUT2D eigenvalue weighted by Gasteiger charge is -2.11. The molecular formula is C15H17N3O4. The maximum absolute atomic E-state index is 11.3. The first kappa shape index (κ1) is 15.7. The van der Waals surface area contributed by atoms with E-state index in [2.05, 4.69) is 10.3 Å². The van der Waals surface area contributed by atoms with Gasteiger partial charge in [-0.05, 0) is 24.3 Å². The molecule has 0 saturated carbocycles. The minimum absolute atomic E-state index is 0.0460. The zero-order valence-corrected chi connectivity index (χ0v) is 12.2. The zero-order chi connectivity index (χ0) is 15.9. The summed E-state index contributed by atoms with van der Waals surface area (Å²) in [5.41, 5.74) is 7.57. The largest absolute Gasteiger partial charge is 0.463 e. The molecule has 0 bridgehead atoms. The minimum Gasteiger partial charge on any atom is -0.463 e.